The van der Waals surface area contributed by atoms with Crippen LogP contribution in [0.25, 0.3) is 6.08 Å². The van der Waals surface area contributed by atoms with Gasteiger partial charge in [0.2, 0.25) is 0 Å². The Labute approximate surface area is 142 Å². The molecule has 5 nitrogen and oxygen atoms in total. The Morgan fingerprint density at radius 3 is 2.92 bits per heavy atom. The molecule has 1 fully saturated rings. The highest BCUT2D eigenvalue weighted by Gasteiger charge is 2.31. The molecule has 2 aliphatic rings. The molecule has 24 heavy (non-hydrogen) atoms. The van der Waals surface area contributed by atoms with E-state index in [0.717, 1.165) is 44.2 Å². The summed E-state index contributed by atoms with van der Waals surface area (Å²) in [6.07, 6.45) is 8.84. The zero-order valence-electron chi connectivity index (χ0n) is 14.2. The Hall–Kier alpha value is -2.01. The third kappa shape index (κ3) is 3.41. The number of methoxy groups -OCH3 is 1. The maximum atomic E-state index is 12.8. The highest BCUT2D eigenvalue weighted by molar-refractivity contribution is 6.00. The molecule has 1 amide bonds. The van der Waals surface area contributed by atoms with Crippen LogP contribution in [0, 0.1) is 0 Å². The predicted molar refractivity (Wildman–Crippen MR) is 92.5 cm³/mol. The number of hydrogen-bond donors (Lipinski definition) is 1. The quantitative estimate of drug-likeness (QED) is 0.781. The molecule has 1 saturated heterocycles. The van der Waals surface area contributed by atoms with Crippen LogP contribution in [-0.4, -0.2) is 48.8 Å². The molecule has 130 valence electrons. The summed E-state index contributed by atoms with van der Waals surface area (Å²) in [5, 5.41) is 8.81. The first-order chi connectivity index (χ1) is 11.7. The highest BCUT2D eigenvalue weighted by atomic mass is 16.5. The van der Waals surface area contributed by atoms with Gasteiger partial charge < -0.3 is 19.5 Å². The van der Waals surface area contributed by atoms with Gasteiger partial charge in [0.1, 0.15) is 0 Å². The van der Waals surface area contributed by atoms with Gasteiger partial charge in [-0.15, -0.1) is 0 Å². The Kier molecular flexibility index (Phi) is 5.41. The molecule has 2 heterocycles. The number of benzene rings is 1. The van der Waals surface area contributed by atoms with E-state index in [1.807, 2.05) is 17.0 Å². The molecule has 1 atom stereocenters. The lowest BCUT2D eigenvalue weighted by Gasteiger charge is -2.21. The average Bonchev–Trinajstić information content (AvgIpc) is 3.03. The minimum atomic E-state index is 0.0743. The lowest BCUT2D eigenvalue weighted by Crippen LogP contribution is -2.33. The zero-order chi connectivity index (χ0) is 16.9. The van der Waals surface area contributed by atoms with Crippen LogP contribution in [-0.2, 0) is 0 Å². The van der Waals surface area contributed by atoms with Crippen molar-refractivity contribution in [1.29, 1.82) is 0 Å². The Bertz CT molecular complexity index is 626. The number of carbonyl (C=O) groups excluding carboxylic acids is 1. The van der Waals surface area contributed by atoms with E-state index < -0.39 is 0 Å². The van der Waals surface area contributed by atoms with Crippen molar-refractivity contribution in [2.75, 3.05) is 26.9 Å². The Balaban J connectivity index is 1.80. The highest BCUT2D eigenvalue weighted by Crippen LogP contribution is 2.35. The number of hydrogen-bond acceptors (Lipinski definition) is 4. The molecule has 0 saturated carbocycles. The molecule has 1 N–H and O–H groups in total. The molecule has 0 aliphatic carbocycles. The van der Waals surface area contributed by atoms with Crippen molar-refractivity contribution in [2.45, 2.75) is 38.1 Å². The van der Waals surface area contributed by atoms with E-state index in [9.17, 15) is 4.79 Å². The van der Waals surface area contributed by atoms with Gasteiger partial charge in [-0.25, -0.2) is 0 Å². The van der Waals surface area contributed by atoms with Crippen molar-refractivity contribution in [2.24, 2.45) is 0 Å². The molecule has 5 heteroatoms. The summed E-state index contributed by atoms with van der Waals surface area (Å²) in [6, 6.07) is 3.90. The first-order valence-corrected chi connectivity index (χ1v) is 8.69. The third-order valence-electron chi connectivity index (χ3n) is 4.68. The van der Waals surface area contributed by atoms with Crippen LogP contribution in [0.2, 0.25) is 0 Å². The summed E-state index contributed by atoms with van der Waals surface area (Å²) in [7, 11) is 1.59. The summed E-state index contributed by atoms with van der Waals surface area (Å²) in [6.45, 7) is 1.60. The molecule has 0 aromatic heterocycles. The lowest BCUT2D eigenvalue weighted by atomic mass is 10.1. The number of aliphatic hydroxyl groups excluding tert-OH is 1. The fourth-order valence-corrected chi connectivity index (χ4v) is 3.36. The van der Waals surface area contributed by atoms with E-state index in [2.05, 4.69) is 6.08 Å². The second-order valence-corrected chi connectivity index (χ2v) is 6.29. The van der Waals surface area contributed by atoms with Gasteiger partial charge in [0.15, 0.2) is 11.5 Å². The van der Waals surface area contributed by atoms with E-state index in [-0.39, 0.29) is 18.6 Å². The molecule has 1 aromatic rings. The predicted octanol–water partition coefficient (Wildman–Crippen LogP) is 2.87. The molecular weight excluding hydrogens is 306 g/mol. The van der Waals surface area contributed by atoms with Crippen LogP contribution >= 0.6 is 0 Å². The summed E-state index contributed by atoms with van der Waals surface area (Å²) in [5.41, 5.74) is 1.57. The van der Waals surface area contributed by atoms with Crippen LogP contribution in [0.4, 0.5) is 0 Å². The number of nitrogens with zero attached hydrogens (tertiary/aromatic N) is 1. The number of aliphatic hydroxyl groups is 1. The zero-order valence-corrected chi connectivity index (χ0v) is 14.2. The van der Waals surface area contributed by atoms with E-state index in [0.29, 0.717) is 23.7 Å². The SMILES string of the molecule is COc1cc2c(cc1OCCCCCO)C=C[C@@H]1CCCN1C2=O. The minimum absolute atomic E-state index is 0.0743. The summed E-state index contributed by atoms with van der Waals surface area (Å²) in [4.78, 5) is 14.7. The first kappa shape index (κ1) is 16.8. The second kappa shape index (κ2) is 7.71. The number of unbranched alkanes of at least 4 members (excludes halogenated alkanes) is 2. The van der Waals surface area contributed by atoms with Crippen molar-refractivity contribution >= 4 is 12.0 Å². The van der Waals surface area contributed by atoms with Crippen LogP contribution in [0.3, 0.4) is 0 Å². The summed E-state index contributed by atoms with van der Waals surface area (Å²) < 4.78 is 11.3. The number of amides is 1. The smallest absolute Gasteiger partial charge is 0.255 e. The number of carbonyl (C=O) groups is 1. The van der Waals surface area contributed by atoms with Gasteiger partial charge in [-0.05, 0) is 49.8 Å². The molecule has 0 radical (unpaired) electrons. The Morgan fingerprint density at radius 2 is 2.12 bits per heavy atom. The van der Waals surface area contributed by atoms with Crippen molar-refractivity contribution < 1.29 is 19.4 Å². The number of ether oxygens (including phenoxy) is 2. The van der Waals surface area contributed by atoms with E-state index in [1.165, 1.54) is 0 Å². The van der Waals surface area contributed by atoms with Crippen molar-refractivity contribution in [3.8, 4) is 11.5 Å². The minimum Gasteiger partial charge on any atom is -0.493 e. The molecule has 3 rings (SSSR count). The van der Waals surface area contributed by atoms with Crippen LogP contribution in [0.15, 0.2) is 18.2 Å². The van der Waals surface area contributed by atoms with Crippen molar-refractivity contribution in [1.82, 2.24) is 4.90 Å². The third-order valence-corrected chi connectivity index (χ3v) is 4.68. The molecular formula is C19H25NO4. The van der Waals surface area contributed by atoms with Crippen molar-refractivity contribution in [3.05, 3.63) is 29.3 Å². The summed E-state index contributed by atoms with van der Waals surface area (Å²) >= 11 is 0. The fourth-order valence-electron chi connectivity index (χ4n) is 3.36. The topological polar surface area (TPSA) is 59.0 Å². The largest absolute Gasteiger partial charge is 0.493 e. The normalized spacial score (nSPS) is 19.0. The van der Waals surface area contributed by atoms with Crippen LogP contribution in [0.1, 0.15) is 48.0 Å². The first-order valence-electron chi connectivity index (χ1n) is 8.69. The molecule has 0 bridgehead atoms. The van der Waals surface area contributed by atoms with E-state index >= 15 is 0 Å². The monoisotopic (exact) mass is 331 g/mol. The van der Waals surface area contributed by atoms with Gasteiger partial charge in [0, 0.05) is 13.2 Å². The van der Waals surface area contributed by atoms with Gasteiger partial charge >= 0.3 is 0 Å². The molecule has 0 unspecified atom stereocenters. The van der Waals surface area contributed by atoms with Gasteiger partial charge in [0.25, 0.3) is 5.91 Å². The van der Waals surface area contributed by atoms with Gasteiger partial charge in [-0.3, -0.25) is 4.79 Å². The Morgan fingerprint density at radius 1 is 1.25 bits per heavy atom. The van der Waals surface area contributed by atoms with Crippen molar-refractivity contribution in [3.63, 3.8) is 0 Å². The second-order valence-electron chi connectivity index (χ2n) is 6.29. The van der Waals surface area contributed by atoms with Gasteiger partial charge in [-0.1, -0.05) is 12.2 Å². The standard InChI is InChI=1S/C19H25NO4/c1-23-17-13-16-14(12-18(17)24-11-4-2-3-10-21)7-8-15-6-5-9-20(15)19(16)22/h7-8,12-13,15,21H,2-6,9-11H2,1H3/t15-/m0/s1. The van der Waals surface area contributed by atoms with E-state index in [4.69, 9.17) is 14.6 Å². The van der Waals surface area contributed by atoms with Gasteiger partial charge in [-0.2, -0.15) is 0 Å². The average molecular weight is 331 g/mol. The van der Waals surface area contributed by atoms with Crippen LogP contribution in [0.5, 0.6) is 11.5 Å². The summed E-state index contributed by atoms with van der Waals surface area (Å²) in [5.74, 6) is 1.33. The number of rotatable bonds is 7. The molecule has 1 aromatic carbocycles. The van der Waals surface area contributed by atoms with E-state index in [1.54, 1.807) is 13.2 Å². The van der Waals surface area contributed by atoms with Gasteiger partial charge in [0.05, 0.1) is 25.3 Å². The molecule has 2 aliphatic heterocycles. The lowest BCUT2D eigenvalue weighted by molar-refractivity contribution is 0.0763. The fraction of sp³-hybridized carbons (Fsp3) is 0.526. The maximum Gasteiger partial charge on any atom is 0.255 e. The number of fused-ring (bicyclic) bond motifs is 2. The van der Waals surface area contributed by atoms with Crippen LogP contribution < -0.4 is 9.47 Å². The molecule has 0 spiro atoms. The maximum absolute atomic E-state index is 12.8.